The first-order chi connectivity index (χ1) is 19.7. The zero-order valence-corrected chi connectivity index (χ0v) is 25.2. The molecule has 2 aliphatic heterocycles. The van der Waals surface area contributed by atoms with E-state index in [9.17, 15) is 18.8 Å². The Bertz CT molecular complexity index is 1770. The quantitative estimate of drug-likeness (QED) is 0.168. The molecule has 4 aromatic rings. The van der Waals surface area contributed by atoms with E-state index in [4.69, 9.17) is 37.4 Å². The maximum Gasteiger partial charge on any atom is 0.280 e. The highest BCUT2D eigenvalue weighted by molar-refractivity contribution is 7.62. The first kappa shape index (κ1) is 30.5. The van der Waals surface area contributed by atoms with Crippen molar-refractivity contribution in [2.24, 2.45) is 0 Å². The average Bonchev–Trinajstić information content (AvgIpc) is 3.67. The van der Waals surface area contributed by atoms with E-state index in [1.54, 1.807) is 24.2 Å². The van der Waals surface area contributed by atoms with Gasteiger partial charge >= 0.3 is 0 Å². The first-order valence-electron chi connectivity index (χ1n) is 12.9. The number of nitrogens with one attached hydrogen (secondary N) is 1. The van der Waals surface area contributed by atoms with E-state index in [0.717, 1.165) is 12.8 Å². The maximum absolute atomic E-state index is 12.1. The predicted molar refractivity (Wildman–Crippen MR) is 152 cm³/mol. The summed E-state index contributed by atoms with van der Waals surface area (Å²) in [4.78, 5) is 54.2. The van der Waals surface area contributed by atoms with Gasteiger partial charge in [-0.05, 0) is 39.0 Å². The van der Waals surface area contributed by atoms with Gasteiger partial charge in [0.2, 0.25) is 11.9 Å². The lowest BCUT2D eigenvalue weighted by molar-refractivity contribution is -0.204. The molecule has 2 saturated heterocycles. The summed E-state index contributed by atoms with van der Waals surface area (Å²) < 4.78 is 37.7. The SMILES string of the molecule is CP(C)(=O)[C@@H]1CC[C@H](Cn2cnc3c(Cl)nc(N)nc32)O1.Nc1nc2c(ncn2C[C@H]2CCC(P(=O)([O-])O)O2)c(=O)[nH]1. The van der Waals surface area contributed by atoms with Crippen LogP contribution in [0.5, 0.6) is 0 Å². The Hall–Kier alpha value is -2.91. The minimum absolute atomic E-state index is 0.00408. The largest absolute Gasteiger partial charge is 0.777 e. The van der Waals surface area contributed by atoms with E-state index in [-0.39, 0.29) is 47.5 Å². The molecule has 228 valence electrons. The molecule has 4 aromatic heterocycles. The number of ether oxygens (including phenoxy) is 2. The van der Waals surface area contributed by atoms with Crippen molar-refractivity contribution >= 4 is 60.6 Å². The molecule has 0 saturated carbocycles. The predicted octanol–water partition coefficient (Wildman–Crippen LogP) is 0.942. The van der Waals surface area contributed by atoms with Gasteiger partial charge in [0.15, 0.2) is 29.6 Å². The summed E-state index contributed by atoms with van der Waals surface area (Å²) in [6.45, 7) is 4.38. The molecule has 2 unspecified atom stereocenters. The van der Waals surface area contributed by atoms with Gasteiger partial charge in [-0.1, -0.05) is 11.6 Å². The van der Waals surface area contributed by atoms with E-state index in [0.29, 0.717) is 29.8 Å². The Morgan fingerprint density at radius 2 is 1.52 bits per heavy atom. The number of hydrogen-bond donors (Lipinski definition) is 4. The zero-order valence-electron chi connectivity index (χ0n) is 22.7. The lowest BCUT2D eigenvalue weighted by Gasteiger charge is -2.23. The molecule has 0 amide bonds. The van der Waals surface area contributed by atoms with Gasteiger partial charge in [0.25, 0.3) is 5.56 Å². The van der Waals surface area contributed by atoms with Gasteiger partial charge in [-0.3, -0.25) is 9.78 Å². The molecule has 0 aromatic carbocycles. The first-order valence-corrected chi connectivity index (χ1v) is 17.6. The van der Waals surface area contributed by atoms with E-state index >= 15 is 0 Å². The Morgan fingerprint density at radius 1 is 0.976 bits per heavy atom. The third-order valence-corrected chi connectivity index (χ3v) is 10.1. The molecule has 2 fully saturated rings. The molecule has 0 spiro atoms. The van der Waals surface area contributed by atoms with Crippen LogP contribution in [0, 0.1) is 0 Å². The summed E-state index contributed by atoms with van der Waals surface area (Å²) in [7, 11) is -6.71. The van der Waals surface area contributed by atoms with Crippen LogP contribution in [0.3, 0.4) is 0 Å². The summed E-state index contributed by atoms with van der Waals surface area (Å²) in [6, 6.07) is 0. The number of fused-ring (bicyclic) bond motifs is 2. The van der Waals surface area contributed by atoms with Crippen LogP contribution in [0.15, 0.2) is 17.4 Å². The van der Waals surface area contributed by atoms with Crippen LogP contribution in [0.2, 0.25) is 5.15 Å². The number of imidazole rings is 2. The summed E-state index contributed by atoms with van der Waals surface area (Å²) in [5.74, 6) is -1.25. The Balaban J connectivity index is 0.000000168. The number of anilines is 2. The van der Waals surface area contributed by atoms with Gasteiger partial charge in [-0.15, -0.1) is 0 Å². The van der Waals surface area contributed by atoms with E-state index < -0.39 is 32.2 Å². The Labute approximate surface area is 243 Å². The van der Waals surface area contributed by atoms with Gasteiger partial charge in [0.05, 0.1) is 38.0 Å². The van der Waals surface area contributed by atoms with E-state index in [1.807, 2.05) is 4.57 Å². The minimum Gasteiger partial charge on any atom is -0.777 e. The normalized spacial score (nSPS) is 24.1. The van der Waals surface area contributed by atoms with E-state index in [1.165, 1.54) is 6.33 Å². The summed E-state index contributed by atoms with van der Waals surface area (Å²) in [6.07, 6.45) is 5.03. The van der Waals surface area contributed by atoms with Crippen molar-refractivity contribution in [1.82, 2.24) is 39.0 Å². The average molecular weight is 644 g/mol. The molecule has 0 aliphatic carbocycles. The highest BCUT2D eigenvalue weighted by Crippen LogP contribution is 2.49. The number of H-pyrrole nitrogens is 1. The fourth-order valence-electron chi connectivity index (χ4n) is 4.94. The standard InChI is InChI=1S/C12H17ClN5O2P.C10H14N5O5P/c1-21(2,19)8-4-3-7(20-8)5-18-6-15-9-10(13)16-12(14)17-11(9)18;11-10-13-8-7(9(16)14-10)12-4-15(8)3-5-1-2-6(20-5)21(17,18)19/h6-8H,3-5H2,1-2H3,(H2,14,16,17);4-6H,1-3H2,(H2,17,18,19)(H3,11,13,14,16)/p-1/t7-,8-;5-,6?/m11/s1. The molecule has 6 rings (SSSR count). The number of nitrogen functional groups attached to an aromatic ring is 2. The third-order valence-electron chi connectivity index (χ3n) is 6.96. The van der Waals surface area contributed by atoms with Crippen LogP contribution in [-0.4, -0.2) is 81.2 Å². The topological polar surface area (TPSA) is 255 Å². The molecule has 5 atom stereocenters. The number of halogens is 1. The number of hydrogen-bond acceptors (Lipinski definition) is 13. The molecule has 0 radical (unpaired) electrons. The Morgan fingerprint density at radius 3 is 2.07 bits per heavy atom. The molecular formula is C22H30ClN10O7P2-. The smallest absolute Gasteiger partial charge is 0.280 e. The highest BCUT2D eigenvalue weighted by atomic mass is 35.5. The second kappa shape index (κ2) is 11.6. The van der Waals surface area contributed by atoms with Crippen LogP contribution in [-0.2, 0) is 31.7 Å². The van der Waals surface area contributed by atoms with Crippen molar-refractivity contribution in [3.8, 4) is 0 Å². The van der Waals surface area contributed by atoms with Crippen molar-refractivity contribution in [2.75, 3.05) is 24.8 Å². The monoisotopic (exact) mass is 643 g/mol. The van der Waals surface area contributed by atoms with Crippen molar-refractivity contribution in [2.45, 2.75) is 62.7 Å². The van der Waals surface area contributed by atoms with Gasteiger partial charge in [0, 0.05) is 0 Å². The van der Waals surface area contributed by atoms with Crippen LogP contribution in [0.25, 0.3) is 22.3 Å². The van der Waals surface area contributed by atoms with Crippen molar-refractivity contribution < 1.29 is 28.4 Å². The molecular weight excluding hydrogens is 614 g/mol. The highest BCUT2D eigenvalue weighted by Gasteiger charge is 2.34. The maximum atomic E-state index is 12.1. The molecule has 42 heavy (non-hydrogen) atoms. The van der Waals surface area contributed by atoms with E-state index in [2.05, 4.69) is 29.9 Å². The fraction of sp³-hybridized carbons (Fsp3) is 0.545. The lowest BCUT2D eigenvalue weighted by Crippen LogP contribution is -2.21. The van der Waals surface area contributed by atoms with Crippen molar-refractivity contribution in [3.05, 3.63) is 28.2 Å². The summed E-state index contributed by atoms with van der Waals surface area (Å²) in [5, 5.41) is 0.244. The number of nitrogens with zero attached hydrogens (tertiary/aromatic N) is 7. The second-order valence-corrected chi connectivity index (χ2v) is 16.0. The van der Waals surface area contributed by atoms with Crippen LogP contribution in [0.1, 0.15) is 25.7 Å². The van der Waals surface area contributed by atoms with Crippen LogP contribution >= 0.6 is 26.3 Å². The zero-order chi connectivity index (χ0) is 30.4. The summed E-state index contributed by atoms with van der Waals surface area (Å²) in [5.41, 5.74) is 12.2. The van der Waals surface area contributed by atoms with Gasteiger partial charge in [0.1, 0.15) is 24.3 Å². The molecule has 20 heteroatoms. The Kier molecular flexibility index (Phi) is 8.47. The van der Waals surface area contributed by atoms with Gasteiger partial charge < -0.3 is 49.0 Å². The van der Waals surface area contributed by atoms with Crippen LogP contribution < -0.4 is 21.9 Å². The molecule has 2 aliphatic rings. The van der Waals surface area contributed by atoms with Crippen LogP contribution in [0.4, 0.5) is 11.9 Å². The minimum atomic E-state index is -4.49. The lowest BCUT2D eigenvalue weighted by atomic mass is 10.2. The molecule has 6 heterocycles. The number of aromatic nitrogens is 8. The third kappa shape index (κ3) is 6.67. The molecule has 17 nitrogen and oxygen atoms in total. The number of aromatic amines is 1. The number of nitrogens with two attached hydrogens (primary N) is 2. The number of rotatable bonds is 6. The fourth-order valence-corrected chi connectivity index (χ4v) is 7.20. The van der Waals surface area contributed by atoms with Gasteiger partial charge in [-0.2, -0.15) is 15.0 Å². The van der Waals surface area contributed by atoms with Gasteiger partial charge in [-0.25, -0.2) is 9.97 Å². The van der Waals surface area contributed by atoms with Crippen molar-refractivity contribution in [3.63, 3.8) is 0 Å². The molecule has 0 bridgehead atoms. The summed E-state index contributed by atoms with van der Waals surface area (Å²) >= 11 is 6.00. The van der Waals surface area contributed by atoms with Crippen molar-refractivity contribution in [1.29, 1.82) is 0 Å². The second-order valence-electron chi connectivity index (χ2n) is 10.5. The molecule has 6 N–H and O–H groups in total.